The quantitative estimate of drug-likeness (QED) is 0.811. The summed E-state index contributed by atoms with van der Waals surface area (Å²) in [5.41, 5.74) is 1.32. The maximum absolute atomic E-state index is 5.30. The van der Waals surface area contributed by atoms with Gasteiger partial charge in [0.1, 0.15) is 5.75 Å². The first kappa shape index (κ1) is 15.0. The molecule has 20 heavy (non-hydrogen) atoms. The number of methoxy groups -OCH3 is 1. The normalized spacial score (nSPS) is 12.3. The van der Waals surface area contributed by atoms with Gasteiger partial charge in [-0.3, -0.25) is 0 Å². The van der Waals surface area contributed by atoms with Crippen LogP contribution in [0.2, 0.25) is 0 Å². The van der Waals surface area contributed by atoms with Crippen molar-refractivity contribution in [3.05, 3.63) is 46.4 Å². The number of ether oxygens (including phenoxy) is 1. The lowest BCUT2D eigenvalue weighted by Gasteiger charge is -2.16. The van der Waals surface area contributed by atoms with Crippen LogP contribution < -0.4 is 10.1 Å². The molecule has 1 N–H and O–H groups in total. The van der Waals surface area contributed by atoms with Crippen LogP contribution in [0.25, 0.3) is 0 Å². The zero-order chi connectivity index (χ0) is 14.2. The number of benzene rings is 1. The number of hydrogen-bond donors (Lipinski definition) is 1. The van der Waals surface area contributed by atoms with E-state index in [4.69, 9.17) is 4.74 Å². The second kappa shape index (κ2) is 8.02. The second-order valence-corrected chi connectivity index (χ2v) is 5.84. The Morgan fingerprint density at radius 3 is 2.95 bits per heavy atom. The predicted octanol–water partition coefficient (Wildman–Crippen LogP) is 3.16. The Morgan fingerprint density at radius 2 is 2.25 bits per heavy atom. The standard InChI is InChI=1S/C16H22N2OS/c1-3-17-12-14(11-16-18-7-8-20-16)9-13-5-4-6-15(10-13)19-2/h4-8,10,14,17H,3,9,11-12H2,1-2H3. The van der Waals surface area contributed by atoms with Gasteiger partial charge >= 0.3 is 0 Å². The molecule has 1 unspecified atom stereocenters. The van der Waals surface area contributed by atoms with Gasteiger partial charge in [0.25, 0.3) is 0 Å². The van der Waals surface area contributed by atoms with Gasteiger partial charge in [-0.1, -0.05) is 19.1 Å². The number of hydrogen-bond acceptors (Lipinski definition) is 4. The average molecular weight is 290 g/mol. The number of nitrogens with zero attached hydrogens (tertiary/aromatic N) is 1. The third kappa shape index (κ3) is 4.62. The van der Waals surface area contributed by atoms with Crippen LogP contribution in [0.1, 0.15) is 17.5 Å². The zero-order valence-corrected chi connectivity index (χ0v) is 13.0. The van der Waals surface area contributed by atoms with Crippen molar-refractivity contribution in [1.29, 1.82) is 0 Å². The van der Waals surface area contributed by atoms with Crippen LogP contribution in [0.4, 0.5) is 0 Å². The van der Waals surface area contributed by atoms with Gasteiger partial charge in [-0.05, 0) is 43.1 Å². The first-order valence-electron chi connectivity index (χ1n) is 7.03. The Labute approximate surface area is 125 Å². The van der Waals surface area contributed by atoms with Crippen LogP contribution in [-0.4, -0.2) is 25.2 Å². The van der Waals surface area contributed by atoms with Crippen LogP contribution in [0.5, 0.6) is 5.75 Å². The largest absolute Gasteiger partial charge is 0.497 e. The van der Waals surface area contributed by atoms with Crippen molar-refractivity contribution >= 4 is 11.3 Å². The second-order valence-electron chi connectivity index (χ2n) is 4.86. The van der Waals surface area contributed by atoms with Gasteiger partial charge in [0.05, 0.1) is 12.1 Å². The molecule has 0 amide bonds. The summed E-state index contributed by atoms with van der Waals surface area (Å²) in [6.07, 6.45) is 3.96. The van der Waals surface area contributed by atoms with Crippen LogP contribution in [0.15, 0.2) is 35.8 Å². The lowest BCUT2D eigenvalue weighted by atomic mass is 9.96. The highest BCUT2D eigenvalue weighted by Gasteiger charge is 2.12. The first-order valence-corrected chi connectivity index (χ1v) is 7.91. The van der Waals surface area contributed by atoms with Crippen LogP contribution in [-0.2, 0) is 12.8 Å². The molecule has 4 heteroatoms. The van der Waals surface area contributed by atoms with Gasteiger partial charge in [0, 0.05) is 18.0 Å². The molecular weight excluding hydrogens is 268 g/mol. The molecule has 0 radical (unpaired) electrons. The van der Waals surface area contributed by atoms with Crippen molar-refractivity contribution in [2.75, 3.05) is 20.2 Å². The topological polar surface area (TPSA) is 34.1 Å². The van der Waals surface area contributed by atoms with E-state index >= 15 is 0 Å². The van der Waals surface area contributed by atoms with Crippen molar-refractivity contribution in [2.45, 2.75) is 19.8 Å². The Balaban J connectivity index is 2.02. The molecular formula is C16H22N2OS. The lowest BCUT2D eigenvalue weighted by molar-refractivity contribution is 0.413. The van der Waals surface area contributed by atoms with Gasteiger partial charge in [0.2, 0.25) is 0 Å². The molecule has 0 aliphatic carbocycles. The predicted molar refractivity (Wildman–Crippen MR) is 84.5 cm³/mol. The van der Waals surface area contributed by atoms with E-state index in [1.807, 2.05) is 17.6 Å². The van der Waals surface area contributed by atoms with Crippen molar-refractivity contribution in [1.82, 2.24) is 10.3 Å². The molecule has 1 aromatic heterocycles. The Morgan fingerprint density at radius 1 is 1.35 bits per heavy atom. The Hall–Kier alpha value is -1.39. The lowest BCUT2D eigenvalue weighted by Crippen LogP contribution is -2.25. The minimum absolute atomic E-state index is 0.563. The molecule has 0 fully saturated rings. The molecule has 108 valence electrons. The fourth-order valence-electron chi connectivity index (χ4n) is 2.30. The molecule has 1 aromatic carbocycles. The molecule has 0 saturated heterocycles. The highest BCUT2D eigenvalue weighted by Crippen LogP contribution is 2.19. The number of rotatable bonds is 8. The molecule has 1 heterocycles. The average Bonchev–Trinajstić information content (AvgIpc) is 2.98. The van der Waals surface area contributed by atoms with E-state index in [9.17, 15) is 0 Å². The summed E-state index contributed by atoms with van der Waals surface area (Å²) in [6.45, 7) is 4.17. The molecule has 1 atom stereocenters. The van der Waals surface area contributed by atoms with E-state index in [2.05, 4.69) is 35.4 Å². The maximum atomic E-state index is 5.30. The molecule has 0 aliphatic heterocycles. The number of aromatic nitrogens is 1. The highest BCUT2D eigenvalue weighted by molar-refractivity contribution is 7.09. The smallest absolute Gasteiger partial charge is 0.119 e. The van der Waals surface area contributed by atoms with E-state index in [1.165, 1.54) is 10.6 Å². The molecule has 0 saturated carbocycles. The van der Waals surface area contributed by atoms with Crippen molar-refractivity contribution in [3.63, 3.8) is 0 Å². The van der Waals surface area contributed by atoms with E-state index < -0.39 is 0 Å². The van der Waals surface area contributed by atoms with Crippen molar-refractivity contribution in [3.8, 4) is 5.75 Å². The summed E-state index contributed by atoms with van der Waals surface area (Å²) < 4.78 is 5.30. The molecule has 2 aromatic rings. The third-order valence-electron chi connectivity index (χ3n) is 3.29. The summed E-state index contributed by atoms with van der Waals surface area (Å²) in [4.78, 5) is 4.41. The van der Waals surface area contributed by atoms with Gasteiger partial charge in [0.15, 0.2) is 0 Å². The maximum Gasteiger partial charge on any atom is 0.119 e. The summed E-state index contributed by atoms with van der Waals surface area (Å²) in [7, 11) is 1.71. The van der Waals surface area contributed by atoms with Gasteiger partial charge in [-0.15, -0.1) is 11.3 Å². The van der Waals surface area contributed by atoms with Crippen LogP contribution in [0.3, 0.4) is 0 Å². The first-order chi connectivity index (χ1) is 9.81. The summed E-state index contributed by atoms with van der Waals surface area (Å²) in [5, 5.41) is 6.72. The SMILES string of the molecule is CCNCC(Cc1cccc(OC)c1)Cc1nccs1. The van der Waals surface area contributed by atoms with Crippen LogP contribution in [0, 0.1) is 5.92 Å². The molecule has 0 aliphatic rings. The molecule has 3 nitrogen and oxygen atoms in total. The molecule has 0 spiro atoms. The number of nitrogens with one attached hydrogen (secondary N) is 1. The Bertz CT molecular complexity index is 499. The molecule has 2 rings (SSSR count). The van der Waals surface area contributed by atoms with E-state index in [0.717, 1.165) is 31.7 Å². The zero-order valence-electron chi connectivity index (χ0n) is 12.1. The summed E-state index contributed by atoms with van der Waals surface area (Å²) in [6, 6.07) is 8.34. The van der Waals surface area contributed by atoms with Crippen molar-refractivity contribution < 1.29 is 4.74 Å². The van der Waals surface area contributed by atoms with E-state index in [-0.39, 0.29) is 0 Å². The summed E-state index contributed by atoms with van der Waals surface area (Å²) in [5.74, 6) is 1.49. The van der Waals surface area contributed by atoms with Crippen molar-refractivity contribution in [2.24, 2.45) is 5.92 Å². The van der Waals surface area contributed by atoms with Crippen LogP contribution >= 0.6 is 11.3 Å². The Kier molecular flexibility index (Phi) is 6.02. The number of thiazole rings is 1. The van der Waals surface area contributed by atoms with Gasteiger partial charge < -0.3 is 10.1 Å². The highest BCUT2D eigenvalue weighted by atomic mass is 32.1. The van der Waals surface area contributed by atoms with E-state index in [1.54, 1.807) is 18.4 Å². The van der Waals surface area contributed by atoms with E-state index in [0.29, 0.717) is 5.92 Å². The molecule has 0 bridgehead atoms. The third-order valence-corrected chi connectivity index (χ3v) is 4.09. The minimum atomic E-state index is 0.563. The van der Waals surface area contributed by atoms with Gasteiger partial charge in [-0.2, -0.15) is 0 Å². The monoisotopic (exact) mass is 290 g/mol. The fraction of sp³-hybridized carbons (Fsp3) is 0.438. The fourth-order valence-corrected chi connectivity index (χ4v) is 3.03. The summed E-state index contributed by atoms with van der Waals surface area (Å²) >= 11 is 1.74. The minimum Gasteiger partial charge on any atom is -0.497 e. The van der Waals surface area contributed by atoms with Gasteiger partial charge in [-0.25, -0.2) is 4.98 Å².